The van der Waals surface area contributed by atoms with Gasteiger partial charge in [-0.15, -0.1) is 0 Å². The molecule has 15 nitrogen and oxygen atoms in total. The number of amides is 1. The number of carbonyl (C=O) groups is 3. The topological polar surface area (TPSA) is 191 Å². The van der Waals surface area contributed by atoms with Gasteiger partial charge in [0.2, 0.25) is 6.79 Å². The normalized spacial score (nSPS) is 28.8. The van der Waals surface area contributed by atoms with Gasteiger partial charge in [0.25, 0.3) is 5.91 Å². The van der Waals surface area contributed by atoms with Crippen LogP contribution >= 0.6 is 7.75 Å². The van der Waals surface area contributed by atoms with Crippen molar-refractivity contribution in [3.05, 3.63) is 24.7 Å². The highest BCUT2D eigenvalue weighted by molar-refractivity contribution is 7.51. The van der Waals surface area contributed by atoms with E-state index in [9.17, 15) is 33.6 Å². The Labute approximate surface area is 231 Å². The Morgan fingerprint density at radius 1 is 1.25 bits per heavy atom. The molecule has 1 amide bonds. The minimum absolute atomic E-state index is 0.0286. The average molecular weight is 598 g/mol. The van der Waals surface area contributed by atoms with E-state index in [2.05, 4.69) is 17.0 Å². The van der Waals surface area contributed by atoms with Gasteiger partial charge in [0.05, 0.1) is 18.8 Å². The summed E-state index contributed by atoms with van der Waals surface area (Å²) in [5.74, 6) is -1.37. The molecule has 0 radical (unpaired) electrons. The first-order valence-corrected chi connectivity index (χ1v) is 13.8. The lowest BCUT2D eigenvalue weighted by molar-refractivity contribution is -0.150. The van der Waals surface area contributed by atoms with E-state index in [0.717, 1.165) is 17.9 Å². The van der Waals surface area contributed by atoms with Crippen molar-refractivity contribution in [1.82, 2.24) is 15.3 Å². The molecule has 1 fully saturated rings. The van der Waals surface area contributed by atoms with Gasteiger partial charge in [-0.25, -0.2) is 18.8 Å². The highest BCUT2D eigenvalue weighted by atomic mass is 31.2. The molecule has 0 aromatic carbocycles. The fourth-order valence-corrected chi connectivity index (χ4v) is 5.06. The molecular formula is C23H37FN3O12P. The number of carbonyl (C=O) groups excluding carboxylic acids is 3. The molecule has 2 unspecified atom stereocenters. The van der Waals surface area contributed by atoms with Crippen LogP contribution in [0.15, 0.2) is 24.7 Å². The summed E-state index contributed by atoms with van der Waals surface area (Å²) in [7, 11) is -4.64. The summed E-state index contributed by atoms with van der Waals surface area (Å²) >= 11 is 0. The molecule has 6 atom stereocenters. The maximum Gasteiger partial charge on any atom is 0.510 e. The number of nitrogens with one attached hydrogen (secondary N) is 2. The molecule has 0 saturated carbocycles. The largest absolute Gasteiger partial charge is 0.510 e. The lowest BCUT2D eigenvalue weighted by atomic mass is 9.88. The number of ether oxygens (including phenoxy) is 4. The molecular weight excluding hydrogens is 560 g/mol. The fraction of sp³-hybridized carbons (Fsp3) is 0.696. The predicted octanol–water partition coefficient (Wildman–Crippen LogP) is 1.17. The third-order valence-electron chi connectivity index (χ3n) is 5.61. The molecule has 2 rings (SSSR count). The SMILES string of the molecule is C=C1NC(=O)C=CN1[C@@H]1O[C@](CF)(COP(=O)(NC(C)C(=O)OC(C)C)OCOC(=O)OC(C)C)[C@@H](O)[C@@]1(C)O. The molecule has 0 aromatic heterocycles. The van der Waals surface area contributed by atoms with Crippen LogP contribution in [0.4, 0.5) is 9.18 Å². The van der Waals surface area contributed by atoms with Gasteiger partial charge in [-0.1, -0.05) is 6.58 Å². The molecule has 2 aliphatic rings. The smallest absolute Gasteiger partial charge is 0.462 e. The third-order valence-corrected chi connectivity index (χ3v) is 7.23. The molecule has 2 aliphatic heterocycles. The zero-order valence-corrected chi connectivity index (χ0v) is 24.0. The van der Waals surface area contributed by atoms with Crippen LogP contribution in [-0.4, -0.2) is 95.0 Å². The minimum Gasteiger partial charge on any atom is -0.462 e. The summed E-state index contributed by atoms with van der Waals surface area (Å²) in [5, 5.41) is 26.7. The van der Waals surface area contributed by atoms with Gasteiger partial charge in [-0.3, -0.25) is 18.6 Å². The van der Waals surface area contributed by atoms with Crippen molar-refractivity contribution in [2.75, 3.05) is 20.1 Å². The highest BCUT2D eigenvalue weighted by Crippen LogP contribution is 2.48. The number of rotatable bonds is 13. The maximum absolute atomic E-state index is 14.5. The molecule has 0 bridgehead atoms. The molecule has 0 aliphatic carbocycles. The van der Waals surface area contributed by atoms with E-state index in [4.69, 9.17) is 28.0 Å². The third kappa shape index (κ3) is 8.22. The van der Waals surface area contributed by atoms with Gasteiger partial charge >= 0.3 is 19.9 Å². The Morgan fingerprint density at radius 3 is 2.42 bits per heavy atom. The second kappa shape index (κ2) is 13.4. The van der Waals surface area contributed by atoms with E-state index in [1.54, 1.807) is 27.7 Å². The van der Waals surface area contributed by atoms with Crippen LogP contribution in [-0.2, 0) is 42.1 Å². The first kappa shape index (κ1) is 33.6. The highest BCUT2D eigenvalue weighted by Gasteiger charge is 2.63. The second-order valence-corrected chi connectivity index (χ2v) is 11.6. The molecule has 0 aromatic rings. The van der Waals surface area contributed by atoms with Crippen molar-refractivity contribution in [3.8, 4) is 0 Å². The van der Waals surface area contributed by atoms with Crippen LogP contribution < -0.4 is 10.4 Å². The first-order valence-electron chi connectivity index (χ1n) is 12.3. The molecule has 228 valence electrons. The van der Waals surface area contributed by atoms with Gasteiger partial charge in [0.1, 0.15) is 30.2 Å². The summed E-state index contributed by atoms with van der Waals surface area (Å²) in [5.41, 5.74) is -4.48. The molecule has 0 spiro atoms. The number of halogens is 1. The monoisotopic (exact) mass is 597 g/mol. The number of alkyl halides is 1. The van der Waals surface area contributed by atoms with E-state index in [-0.39, 0.29) is 5.82 Å². The molecule has 17 heteroatoms. The second-order valence-electron chi connectivity index (χ2n) is 9.87. The van der Waals surface area contributed by atoms with Gasteiger partial charge in [0, 0.05) is 12.3 Å². The Kier molecular flexibility index (Phi) is 11.2. The average Bonchev–Trinajstić information content (AvgIpc) is 3.03. The van der Waals surface area contributed by atoms with E-state index in [1.165, 1.54) is 13.1 Å². The maximum atomic E-state index is 14.5. The van der Waals surface area contributed by atoms with E-state index in [1.807, 2.05) is 0 Å². The molecule has 4 N–H and O–H groups in total. The fourth-order valence-electron chi connectivity index (χ4n) is 3.67. The van der Waals surface area contributed by atoms with Crippen molar-refractivity contribution in [1.29, 1.82) is 0 Å². The zero-order valence-electron chi connectivity index (χ0n) is 23.1. The van der Waals surface area contributed by atoms with Gasteiger partial charge in [0.15, 0.2) is 11.8 Å². The van der Waals surface area contributed by atoms with Crippen molar-refractivity contribution >= 4 is 25.8 Å². The predicted molar refractivity (Wildman–Crippen MR) is 135 cm³/mol. The van der Waals surface area contributed by atoms with Crippen molar-refractivity contribution < 1.29 is 61.5 Å². The Hall–Kier alpha value is -2.59. The lowest BCUT2D eigenvalue weighted by Gasteiger charge is -2.37. The number of hydrogen-bond acceptors (Lipinski definition) is 13. The summed E-state index contributed by atoms with van der Waals surface area (Å²) in [6, 6.07) is -1.28. The molecule has 40 heavy (non-hydrogen) atoms. The minimum atomic E-state index is -4.64. The van der Waals surface area contributed by atoms with Gasteiger partial charge in [-0.05, 0) is 41.5 Å². The summed E-state index contributed by atoms with van der Waals surface area (Å²) < 4.78 is 58.8. The van der Waals surface area contributed by atoms with E-state index >= 15 is 0 Å². The summed E-state index contributed by atoms with van der Waals surface area (Å²) in [6.45, 7) is 9.01. The standard InChI is InChI=1S/C23H37FN3O12P/c1-13(2)37-18(29)15(5)26-40(33,36-12-34-21(31)38-14(3)4)35-11-23(10-24)19(30)22(7,32)20(39-23)27-9-8-17(28)25-16(27)6/h8-9,13-15,19-20,30,32H,6,10-12H2,1-5,7H3,(H,25,28)(H,26,33)/t15?,19-,20+,22+,23+,40?/m0/s1. The summed E-state index contributed by atoms with van der Waals surface area (Å²) in [6.07, 6.45) is -3.31. The van der Waals surface area contributed by atoms with E-state index < -0.39 is 87.6 Å². The number of aliphatic hydroxyl groups is 2. The van der Waals surface area contributed by atoms with E-state index in [0.29, 0.717) is 0 Å². The Bertz CT molecular complexity index is 1040. The van der Waals surface area contributed by atoms with Gasteiger partial charge < -0.3 is 39.4 Å². The molecule has 2 heterocycles. The number of aliphatic hydroxyl groups excluding tert-OH is 1. The summed E-state index contributed by atoms with van der Waals surface area (Å²) in [4.78, 5) is 36.7. The van der Waals surface area contributed by atoms with Crippen molar-refractivity contribution in [3.63, 3.8) is 0 Å². The van der Waals surface area contributed by atoms with Crippen LogP contribution in [0.3, 0.4) is 0 Å². The molecule has 1 saturated heterocycles. The van der Waals surface area contributed by atoms with Crippen LogP contribution in [0.25, 0.3) is 0 Å². The number of esters is 1. The zero-order chi connectivity index (χ0) is 30.5. The number of nitrogens with zero attached hydrogens (tertiary/aromatic N) is 1. The van der Waals surface area contributed by atoms with Crippen molar-refractivity contribution in [2.24, 2.45) is 0 Å². The Balaban J connectivity index is 2.26. The van der Waals surface area contributed by atoms with Gasteiger partial charge in [-0.2, -0.15) is 0 Å². The van der Waals surface area contributed by atoms with Crippen LogP contribution in [0.1, 0.15) is 41.5 Å². The number of hydrogen-bond donors (Lipinski definition) is 4. The Morgan fingerprint density at radius 2 is 1.88 bits per heavy atom. The van der Waals surface area contributed by atoms with Crippen molar-refractivity contribution in [2.45, 2.75) is 83.3 Å². The van der Waals surface area contributed by atoms with Crippen LogP contribution in [0.5, 0.6) is 0 Å². The quantitative estimate of drug-likeness (QED) is 0.134. The van der Waals surface area contributed by atoms with Crippen LogP contribution in [0.2, 0.25) is 0 Å². The van der Waals surface area contributed by atoms with Crippen LogP contribution in [0, 0.1) is 0 Å². The lowest BCUT2D eigenvalue weighted by Crippen LogP contribution is -2.55. The first-order chi connectivity index (χ1) is 18.5.